The molecule has 0 atom stereocenters. The van der Waals surface area contributed by atoms with Crippen molar-refractivity contribution < 1.29 is 17.9 Å². The highest BCUT2D eigenvalue weighted by atomic mass is 32.2. The lowest BCUT2D eigenvalue weighted by atomic mass is 10.2. The van der Waals surface area contributed by atoms with E-state index in [0.717, 1.165) is 5.69 Å². The van der Waals surface area contributed by atoms with Crippen molar-refractivity contribution in [1.82, 2.24) is 19.9 Å². The molecular formula is C15H25N5O4S. The van der Waals surface area contributed by atoms with Gasteiger partial charge in [0.2, 0.25) is 5.91 Å². The van der Waals surface area contributed by atoms with E-state index in [1.54, 1.807) is 17.7 Å². The predicted molar refractivity (Wildman–Crippen MR) is 92.3 cm³/mol. The van der Waals surface area contributed by atoms with Gasteiger partial charge in [-0.2, -0.15) is 0 Å². The number of rotatable bonds is 9. The number of primary amides is 1. The highest BCUT2D eigenvalue weighted by molar-refractivity contribution is 7.91. The van der Waals surface area contributed by atoms with Gasteiger partial charge in [0.1, 0.15) is 0 Å². The first kappa shape index (κ1) is 19.5. The lowest BCUT2D eigenvalue weighted by Gasteiger charge is -2.25. The van der Waals surface area contributed by atoms with E-state index in [4.69, 9.17) is 10.5 Å². The molecular weight excluding hydrogens is 346 g/mol. The van der Waals surface area contributed by atoms with Crippen LogP contribution in [0.4, 0.5) is 0 Å². The average Bonchev–Trinajstić information content (AvgIpc) is 3.00. The van der Waals surface area contributed by atoms with E-state index in [9.17, 15) is 13.2 Å². The van der Waals surface area contributed by atoms with Gasteiger partial charge in [-0.25, -0.2) is 13.1 Å². The van der Waals surface area contributed by atoms with Gasteiger partial charge in [-0.15, -0.1) is 5.10 Å². The van der Waals surface area contributed by atoms with E-state index < -0.39 is 15.7 Å². The minimum absolute atomic E-state index is 0.207. The highest BCUT2D eigenvalue weighted by Crippen LogP contribution is 2.07. The van der Waals surface area contributed by atoms with Crippen molar-refractivity contribution in [3.05, 3.63) is 23.5 Å². The van der Waals surface area contributed by atoms with Crippen molar-refractivity contribution in [2.75, 3.05) is 37.8 Å². The van der Waals surface area contributed by atoms with Crippen LogP contribution in [-0.2, 0) is 32.5 Å². The summed E-state index contributed by atoms with van der Waals surface area (Å²) in [6.45, 7) is 4.94. The molecule has 1 aromatic heterocycles. The fourth-order valence-electron chi connectivity index (χ4n) is 2.38. The van der Waals surface area contributed by atoms with Gasteiger partial charge in [-0.05, 0) is 13.3 Å². The molecule has 2 heterocycles. The third-order valence-corrected chi connectivity index (χ3v) is 5.58. The molecule has 9 nitrogen and oxygen atoms in total. The topological polar surface area (TPSA) is 120 Å². The second kappa shape index (κ2) is 9.07. The van der Waals surface area contributed by atoms with Crippen molar-refractivity contribution in [1.29, 1.82) is 0 Å². The molecule has 1 amide bonds. The van der Waals surface area contributed by atoms with E-state index >= 15 is 0 Å². The van der Waals surface area contributed by atoms with Crippen LogP contribution in [-0.4, -0.2) is 72.0 Å². The van der Waals surface area contributed by atoms with Crippen LogP contribution in [0.3, 0.4) is 0 Å². The van der Waals surface area contributed by atoms with Crippen LogP contribution in [0.1, 0.15) is 19.0 Å². The Balaban J connectivity index is 1.65. The summed E-state index contributed by atoms with van der Waals surface area (Å²) in [4.78, 5) is 12.9. The Labute approximate surface area is 147 Å². The van der Waals surface area contributed by atoms with Crippen LogP contribution in [0.25, 0.3) is 0 Å². The molecule has 0 bridgehead atoms. The van der Waals surface area contributed by atoms with Gasteiger partial charge in [0.15, 0.2) is 9.84 Å². The van der Waals surface area contributed by atoms with E-state index in [1.807, 2.05) is 6.20 Å². The largest absolute Gasteiger partial charge is 0.379 e. The van der Waals surface area contributed by atoms with E-state index in [1.165, 1.54) is 0 Å². The number of sulfone groups is 1. The number of nitrogens with two attached hydrogens (primary N) is 1. The first-order valence-corrected chi connectivity index (χ1v) is 10.0. The van der Waals surface area contributed by atoms with Crippen LogP contribution in [0.5, 0.6) is 0 Å². The summed E-state index contributed by atoms with van der Waals surface area (Å²) in [6, 6.07) is 0. The molecule has 25 heavy (non-hydrogen) atoms. The minimum Gasteiger partial charge on any atom is -0.379 e. The van der Waals surface area contributed by atoms with E-state index in [2.05, 4.69) is 15.2 Å². The molecule has 2 rings (SSSR count). The number of ether oxygens (including phenoxy) is 1. The third kappa shape index (κ3) is 6.92. The molecule has 2 N–H and O–H groups in total. The maximum absolute atomic E-state index is 11.4. The van der Waals surface area contributed by atoms with Crippen molar-refractivity contribution in [2.24, 2.45) is 5.73 Å². The summed E-state index contributed by atoms with van der Waals surface area (Å²) in [7, 11) is -2.86. The monoisotopic (exact) mass is 371 g/mol. The summed E-state index contributed by atoms with van der Waals surface area (Å²) in [5.74, 6) is -0.00133. The van der Waals surface area contributed by atoms with Gasteiger partial charge in [0, 0.05) is 31.4 Å². The normalized spacial score (nSPS) is 18.4. The Morgan fingerprint density at radius 3 is 2.76 bits per heavy atom. The van der Waals surface area contributed by atoms with Crippen LogP contribution in [0.15, 0.2) is 17.8 Å². The summed E-state index contributed by atoms with van der Waals surface area (Å²) < 4.78 is 30.0. The minimum atomic E-state index is -2.86. The second-order valence-corrected chi connectivity index (χ2v) is 8.36. The maximum Gasteiger partial charge on any atom is 0.244 e. The van der Waals surface area contributed by atoms with Gasteiger partial charge in [0.25, 0.3) is 0 Å². The standard InChI is InChI=1S/C15H25N5O4S/c1-13(15(16)21)3-2-7-24-8-4-20-12-14(17-18-20)11-19-5-9-25(22,23)10-6-19/h3,12H,2,4-11H2,1H3,(H2,16,21). The SMILES string of the molecule is CC(=CCCOCCn1cc(CN2CCS(=O)(=O)CC2)nn1)C(N)=O. The van der Waals surface area contributed by atoms with Crippen molar-refractivity contribution >= 4 is 15.7 Å². The zero-order valence-corrected chi connectivity index (χ0v) is 15.2. The first-order chi connectivity index (χ1) is 11.9. The zero-order valence-electron chi connectivity index (χ0n) is 14.4. The molecule has 10 heteroatoms. The molecule has 0 spiro atoms. The van der Waals surface area contributed by atoms with Gasteiger partial charge in [-0.3, -0.25) is 9.69 Å². The number of nitrogens with zero attached hydrogens (tertiary/aromatic N) is 4. The van der Waals surface area contributed by atoms with E-state index in [0.29, 0.717) is 51.4 Å². The second-order valence-electron chi connectivity index (χ2n) is 6.05. The molecule has 1 fully saturated rings. The summed E-state index contributed by atoms with van der Waals surface area (Å²) in [5, 5.41) is 8.16. The summed E-state index contributed by atoms with van der Waals surface area (Å²) in [5.41, 5.74) is 6.49. The van der Waals surface area contributed by atoms with Gasteiger partial charge >= 0.3 is 0 Å². The van der Waals surface area contributed by atoms with Crippen LogP contribution < -0.4 is 5.73 Å². The Hall–Kier alpha value is -1.78. The Morgan fingerprint density at radius 1 is 1.36 bits per heavy atom. The molecule has 140 valence electrons. The molecule has 0 unspecified atom stereocenters. The summed E-state index contributed by atoms with van der Waals surface area (Å²) in [6.07, 6.45) is 4.24. The number of hydrogen-bond acceptors (Lipinski definition) is 7. The maximum atomic E-state index is 11.4. The quantitative estimate of drug-likeness (QED) is 0.452. The fourth-order valence-corrected chi connectivity index (χ4v) is 3.65. The van der Waals surface area contributed by atoms with Crippen molar-refractivity contribution in [3.8, 4) is 0 Å². The molecule has 1 aliphatic rings. The van der Waals surface area contributed by atoms with Crippen LogP contribution in [0, 0.1) is 0 Å². The number of carbonyl (C=O) groups excluding carboxylic acids is 1. The summed E-state index contributed by atoms with van der Waals surface area (Å²) >= 11 is 0. The van der Waals surface area contributed by atoms with E-state index in [-0.39, 0.29) is 11.5 Å². The average molecular weight is 371 g/mol. The van der Waals surface area contributed by atoms with Crippen molar-refractivity contribution in [2.45, 2.75) is 26.4 Å². The molecule has 1 saturated heterocycles. The Bertz CT molecular complexity index is 699. The van der Waals surface area contributed by atoms with Gasteiger partial charge in [0.05, 0.1) is 37.0 Å². The third-order valence-electron chi connectivity index (χ3n) is 3.97. The number of amides is 1. The molecule has 0 radical (unpaired) electrons. The lowest BCUT2D eigenvalue weighted by molar-refractivity contribution is -0.114. The molecule has 0 aliphatic carbocycles. The Kier molecular flexibility index (Phi) is 7.09. The lowest BCUT2D eigenvalue weighted by Crippen LogP contribution is -2.39. The highest BCUT2D eigenvalue weighted by Gasteiger charge is 2.22. The predicted octanol–water partition coefficient (Wildman–Crippen LogP) is -0.653. The van der Waals surface area contributed by atoms with Gasteiger partial charge < -0.3 is 10.5 Å². The van der Waals surface area contributed by atoms with Crippen LogP contribution in [0.2, 0.25) is 0 Å². The fraction of sp³-hybridized carbons (Fsp3) is 0.667. The molecule has 1 aliphatic heterocycles. The van der Waals surface area contributed by atoms with Crippen LogP contribution >= 0.6 is 0 Å². The number of aromatic nitrogens is 3. The Morgan fingerprint density at radius 2 is 2.08 bits per heavy atom. The molecule has 0 saturated carbocycles. The first-order valence-electron chi connectivity index (χ1n) is 8.22. The van der Waals surface area contributed by atoms with Crippen molar-refractivity contribution in [3.63, 3.8) is 0 Å². The zero-order chi connectivity index (χ0) is 18.3. The number of hydrogen-bond donors (Lipinski definition) is 1. The smallest absolute Gasteiger partial charge is 0.244 e. The molecule has 0 aromatic carbocycles. The van der Waals surface area contributed by atoms with Gasteiger partial charge in [-0.1, -0.05) is 11.3 Å². The number of carbonyl (C=O) groups is 1. The molecule has 1 aromatic rings.